The molecular weight excluding hydrogens is 314 g/mol. The van der Waals surface area contributed by atoms with Gasteiger partial charge in [-0.25, -0.2) is 4.79 Å². The van der Waals surface area contributed by atoms with E-state index in [-0.39, 0.29) is 11.3 Å². The molecule has 1 aliphatic rings. The number of carboxylic acids is 1. The van der Waals surface area contributed by atoms with Gasteiger partial charge in [0.05, 0.1) is 5.56 Å². The van der Waals surface area contributed by atoms with E-state index in [9.17, 15) is 14.7 Å². The molecule has 1 saturated heterocycles. The van der Waals surface area contributed by atoms with E-state index in [0.29, 0.717) is 17.4 Å². The number of aromatic hydroxyl groups is 1. The van der Waals surface area contributed by atoms with Crippen LogP contribution in [0.3, 0.4) is 0 Å². The molecule has 5 nitrogen and oxygen atoms in total. The molecule has 1 atom stereocenters. The van der Waals surface area contributed by atoms with Crippen LogP contribution in [0.5, 0.6) is 5.75 Å². The number of benzene rings is 1. The van der Waals surface area contributed by atoms with Crippen molar-refractivity contribution >= 4 is 27.8 Å². The van der Waals surface area contributed by atoms with Crippen molar-refractivity contribution in [2.45, 2.75) is 25.3 Å². The molecule has 2 rings (SSSR count). The highest BCUT2D eigenvalue weighted by Crippen LogP contribution is 2.26. The minimum atomic E-state index is -0.998. The molecule has 1 aromatic rings. The van der Waals surface area contributed by atoms with Gasteiger partial charge in [0.2, 0.25) is 0 Å². The Morgan fingerprint density at radius 1 is 1.32 bits per heavy atom. The Balaban J connectivity index is 2.31. The second-order valence-corrected chi connectivity index (χ2v) is 5.43. The van der Waals surface area contributed by atoms with Crippen LogP contribution in [0.15, 0.2) is 22.7 Å². The molecule has 0 saturated carbocycles. The molecular formula is C13H14BrNO4. The first kappa shape index (κ1) is 13.9. The van der Waals surface area contributed by atoms with Gasteiger partial charge in [0.1, 0.15) is 11.8 Å². The van der Waals surface area contributed by atoms with Crippen LogP contribution in [0.25, 0.3) is 0 Å². The van der Waals surface area contributed by atoms with Gasteiger partial charge in [0.25, 0.3) is 5.91 Å². The Kier molecular flexibility index (Phi) is 4.09. The van der Waals surface area contributed by atoms with E-state index in [1.54, 1.807) is 6.07 Å². The summed E-state index contributed by atoms with van der Waals surface area (Å²) in [5, 5.41) is 18.9. The van der Waals surface area contributed by atoms with Gasteiger partial charge in [0.15, 0.2) is 0 Å². The van der Waals surface area contributed by atoms with E-state index in [1.165, 1.54) is 17.0 Å². The number of carboxylic acid groups (broad SMARTS) is 1. The van der Waals surface area contributed by atoms with Crippen LogP contribution in [0.1, 0.15) is 29.6 Å². The number of hydrogen-bond acceptors (Lipinski definition) is 3. The summed E-state index contributed by atoms with van der Waals surface area (Å²) in [5.41, 5.74) is 0.127. The van der Waals surface area contributed by atoms with Gasteiger partial charge in [0, 0.05) is 11.0 Å². The standard InChI is InChI=1S/C13H14BrNO4/c14-8-4-5-11(16)9(7-8)12(17)15-6-2-1-3-10(15)13(18)19/h4-5,7,10,16H,1-3,6H2,(H,18,19)/t10-/m0/s1. The summed E-state index contributed by atoms with van der Waals surface area (Å²) < 4.78 is 0.664. The van der Waals surface area contributed by atoms with Crippen molar-refractivity contribution in [1.29, 1.82) is 0 Å². The molecule has 0 aromatic heterocycles. The topological polar surface area (TPSA) is 77.8 Å². The van der Waals surface area contributed by atoms with Crippen LogP contribution in [-0.2, 0) is 4.79 Å². The van der Waals surface area contributed by atoms with Crippen LogP contribution >= 0.6 is 15.9 Å². The van der Waals surface area contributed by atoms with Gasteiger partial charge in [-0.05, 0) is 37.5 Å². The van der Waals surface area contributed by atoms with Crippen molar-refractivity contribution in [3.8, 4) is 5.75 Å². The maximum atomic E-state index is 12.4. The van der Waals surface area contributed by atoms with Gasteiger partial charge in [-0.1, -0.05) is 15.9 Å². The minimum Gasteiger partial charge on any atom is -0.507 e. The number of carbonyl (C=O) groups is 2. The summed E-state index contributed by atoms with van der Waals surface area (Å²) in [6.45, 7) is 0.405. The van der Waals surface area contributed by atoms with E-state index in [4.69, 9.17) is 5.11 Å². The summed E-state index contributed by atoms with van der Waals surface area (Å²) in [4.78, 5) is 24.9. The fourth-order valence-electron chi connectivity index (χ4n) is 2.27. The molecule has 0 unspecified atom stereocenters. The molecule has 0 bridgehead atoms. The third kappa shape index (κ3) is 2.89. The Bertz CT molecular complexity index is 517. The van der Waals surface area contributed by atoms with E-state index >= 15 is 0 Å². The van der Waals surface area contributed by atoms with Gasteiger partial charge in [-0.15, -0.1) is 0 Å². The van der Waals surface area contributed by atoms with Crippen molar-refractivity contribution in [2.75, 3.05) is 6.54 Å². The first-order chi connectivity index (χ1) is 9.00. The van der Waals surface area contributed by atoms with E-state index in [1.807, 2.05) is 0 Å². The summed E-state index contributed by atoms with van der Waals surface area (Å²) in [7, 11) is 0. The Hall–Kier alpha value is -1.56. The zero-order valence-corrected chi connectivity index (χ0v) is 11.8. The van der Waals surface area contributed by atoms with Crippen LogP contribution in [-0.4, -0.2) is 39.6 Å². The largest absolute Gasteiger partial charge is 0.507 e. The molecule has 0 aliphatic carbocycles. The summed E-state index contributed by atoms with van der Waals surface area (Å²) >= 11 is 3.23. The molecule has 2 N–H and O–H groups in total. The summed E-state index contributed by atoms with van der Waals surface area (Å²) in [6, 6.07) is 3.73. The van der Waals surface area contributed by atoms with Crippen molar-refractivity contribution in [2.24, 2.45) is 0 Å². The molecule has 19 heavy (non-hydrogen) atoms. The Morgan fingerprint density at radius 3 is 2.74 bits per heavy atom. The van der Waals surface area contributed by atoms with Gasteiger partial charge >= 0.3 is 5.97 Å². The minimum absolute atomic E-state index is 0.127. The van der Waals surface area contributed by atoms with E-state index in [2.05, 4.69) is 15.9 Å². The summed E-state index contributed by atoms with van der Waals surface area (Å²) in [5.74, 6) is -1.57. The van der Waals surface area contributed by atoms with Crippen LogP contribution < -0.4 is 0 Å². The number of likely N-dealkylation sites (tertiary alicyclic amines) is 1. The number of aliphatic carboxylic acids is 1. The lowest BCUT2D eigenvalue weighted by Gasteiger charge is -2.33. The quantitative estimate of drug-likeness (QED) is 0.873. The lowest BCUT2D eigenvalue weighted by atomic mass is 10.0. The number of amides is 1. The number of rotatable bonds is 2. The fraction of sp³-hybridized carbons (Fsp3) is 0.385. The van der Waals surface area contributed by atoms with Crippen molar-refractivity contribution in [1.82, 2.24) is 4.90 Å². The third-order valence-electron chi connectivity index (χ3n) is 3.24. The second kappa shape index (κ2) is 5.61. The number of piperidine rings is 1. The second-order valence-electron chi connectivity index (χ2n) is 4.51. The van der Waals surface area contributed by atoms with E-state index < -0.39 is 17.9 Å². The monoisotopic (exact) mass is 327 g/mol. The van der Waals surface area contributed by atoms with Crippen molar-refractivity contribution < 1.29 is 19.8 Å². The lowest BCUT2D eigenvalue weighted by Crippen LogP contribution is -2.48. The third-order valence-corrected chi connectivity index (χ3v) is 3.73. The normalized spacial score (nSPS) is 19.2. The first-order valence-corrected chi connectivity index (χ1v) is 6.82. The molecule has 1 fully saturated rings. The smallest absolute Gasteiger partial charge is 0.326 e. The zero-order chi connectivity index (χ0) is 14.0. The number of hydrogen-bond donors (Lipinski definition) is 2. The van der Waals surface area contributed by atoms with Crippen molar-refractivity contribution in [3.05, 3.63) is 28.2 Å². The number of carbonyl (C=O) groups excluding carboxylic acids is 1. The average molecular weight is 328 g/mol. The number of nitrogens with zero attached hydrogens (tertiary/aromatic N) is 1. The van der Waals surface area contributed by atoms with Crippen LogP contribution in [0.4, 0.5) is 0 Å². The van der Waals surface area contributed by atoms with Crippen molar-refractivity contribution in [3.63, 3.8) is 0 Å². The highest BCUT2D eigenvalue weighted by Gasteiger charge is 2.33. The maximum Gasteiger partial charge on any atom is 0.326 e. The molecule has 102 valence electrons. The van der Waals surface area contributed by atoms with Gasteiger partial charge < -0.3 is 15.1 Å². The SMILES string of the molecule is O=C(O)[C@@H]1CCCCN1C(=O)c1cc(Br)ccc1O. The number of halogens is 1. The highest BCUT2D eigenvalue weighted by molar-refractivity contribution is 9.10. The van der Waals surface area contributed by atoms with Gasteiger partial charge in [-0.3, -0.25) is 4.79 Å². The molecule has 1 aromatic carbocycles. The predicted octanol–water partition coefficient (Wildman–Crippen LogP) is 2.23. The van der Waals surface area contributed by atoms with Crippen LogP contribution in [0.2, 0.25) is 0 Å². The predicted molar refractivity (Wildman–Crippen MR) is 72.1 cm³/mol. The molecule has 6 heteroatoms. The molecule has 1 heterocycles. The maximum absolute atomic E-state index is 12.4. The fourth-order valence-corrected chi connectivity index (χ4v) is 2.63. The Morgan fingerprint density at radius 2 is 2.05 bits per heavy atom. The zero-order valence-electron chi connectivity index (χ0n) is 10.2. The van der Waals surface area contributed by atoms with Crippen LogP contribution in [0, 0.1) is 0 Å². The molecule has 0 radical (unpaired) electrons. The number of phenolic OH excluding ortho intramolecular Hbond substituents is 1. The lowest BCUT2D eigenvalue weighted by molar-refractivity contribution is -0.143. The van der Waals surface area contributed by atoms with E-state index in [0.717, 1.165) is 12.8 Å². The highest BCUT2D eigenvalue weighted by atomic mass is 79.9. The summed E-state index contributed by atoms with van der Waals surface area (Å²) in [6.07, 6.45) is 2.03. The number of phenols is 1. The Labute approximate surface area is 119 Å². The first-order valence-electron chi connectivity index (χ1n) is 6.03. The average Bonchev–Trinajstić information content (AvgIpc) is 2.40. The molecule has 1 amide bonds. The molecule has 1 aliphatic heterocycles. The molecule has 0 spiro atoms. The van der Waals surface area contributed by atoms with Gasteiger partial charge in [-0.2, -0.15) is 0 Å².